The molecule has 0 aliphatic carbocycles. The number of hydrogen-bond acceptors (Lipinski definition) is 5. The predicted octanol–water partition coefficient (Wildman–Crippen LogP) is 1.21. The minimum absolute atomic E-state index is 0.211. The van der Waals surface area contributed by atoms with Crippen molar-refractivity contribution in [3.8, 4) is 0 Å². The van der Waals surface area contributed by atoms with Gasteiger partial charge in [-0.1, -0.05) is 6.92 Å². The molecule has 0 saturated carbocycles. The van der Waals surface area contributed by atoms with E-state index in [1.165, 1.54) is 0 Å². The summed E-state index contributed by atoms with van der Waals surface area (Å²) in [6.07, 6.45) is 1.67. The highest BCUT2D eigenvalue weighted by Crippen LogP contribution is 2.19. The third kappa shape index (κ3) is 7.68. The average molecular weight is 248 g/mol. The normalized spacial score (nSPS) is 15.9. The van der Waals surface area contributed by atoms with E-state index >= 15 is 0 Å². The van der Waals surface area contributed by atoms with Gasteiger partial charge in [-0.15, -0.1) is 0 Å². The maximum atomic E-state index is 5.82. The molecule has 0 amide bonds. The van der Waals surface area contributed by atoms with Crippen molar-refractivity contribution in [3.63, 3.8) is 0 Å². The standard InChI is InChI=1S/C12H28N2O3/c1-5-12(4,10-17-14)16-8-6-11(2,3)15-9-7-13/h5-10,13-14H2,1-4H3. The number of nitrogens with two attached hydrogens (primary N) is 2. The van der Waals surface area contributed by atoms with Crippen molar-refractivity contribution in [2.45, 2.75) is 51.7 Å². The molecular formula is C12H28N2O3. The largest absolute Gasteiger partial charge is 0.374 e. The van der Waals surface area contributed by atoms with Crippen molar-refractivity contribution in [2.75, 3.05) is 26.4 Å². The molecule has 0 bridgehead atoms. The first-order valence-electron chi connectivity index (χ1n) is 6.19. The Labute approximate surface area is 105 Å². The van der Waals surface area contributed by atoms with Gasteiger partial charge in [0, 0.05) is 6.54 Å². The van der Waals surface area contributed by atoms with Gasteiger partial charge in [0.05, 0.1) is 31.0 Å². The first-order chi connectivity index (χ1) is 7.89. The van der Waals surface area contributed by atoms with Crippen molar-refractivity contribution >= 4 is 0 Å². The molecular weight excluding hydrogens is 220 g/mol. The fourth-order valence-corrected chi connectivity index (χ4v) is 1.37. The van der Waals surface area contributed by atoms with Crippen LogP contribution >= 0.6 is 0 Å². The molecule has 4 N–H and O–H groups in total. The summed E-state index contributed by atoms with van der Waals surface area (Å²) in [6, 6.07) is 0. The van der Waals surface area contributed by atoms with Crippen LogP contribution in [0.2, 0.25) is 0 Å². The molecule has 0 radical (unpaired) electrons. The first kappa shape index (κ1) is 16.8. The summed E-state index contributed by atoms with van der Waals surface area (Å²) in [6.45, 7) is 10.2. The Morgan fingerprint density at radius 3 is 2.18 bits per heavy atom. The minimum atomic E-state index is -0.321. The van der Waals surface area contributed by atoms with E-state index in [1.54, 1.807) is 0 Å². The van der Waals surface area contributed by atoms with Crippen molar-refractivity contribution in [3.05, 3.63) is 0 Å². The second-order valence-electron chi connectivity index (χ2n) is 5.11. The maximum Gasteiger partial charge on any atom is 0.0966 e. The topological polar surface area (TPSA) is 79.7 Å². The molecule has 5 nitrogen and oxygen atoms in total. The highest BCUT2D eigenvalue weighted by molar-refractivity contribution is 4.74. The fraction of sp³-hybridized carbons (Fsp3) is 1.00. The lowest BCUT2D eigenvalue weighted by molar-refractivity contribution is -0.109. The van der Waals surface area contributed by atoms with Crippen LogP contribution < -0.4 is 11.6 Å². The van der Waals surface area contributed by atoms with Gasteiger partial charge in [-0.2, -0.15) is 0 Å². The van der Waals surface area contributed by atoms with Gasteiger partial charge in [0.15, 0.2) is 0 Å². The monoisotopic (exact) mass is 248 g/mol. The van der Waals surface area contributed by atoms with Gasteiger partial charge in [0.2, 0.25) is 0 Å². The van der Waals surface area contributed by atoms with E-state index in [0.29, 0.717) is 26.4 Å². The van der Waals surface area contributed by atoms with Crippen LogP contribution in [0.3, 0.4) is 0 Å². The molecule has 0 aromatic rings. The van der Waals surface area contributed by atoms with Crippen molar-refractivity contribution in [1.82, 2.24) is 0 Å². The zero-order chi connectivity index (χ0) is 13.4. The number of rotatable bonds is 10. The third-order valence-electron chi connectivity index (χ3n) is 2.90. The van der Waals surface area contributed by atoms with Gasteiger partial charge in [-0.25, -0.2) is 5.90 Å². The second-order valence-corrected chi connectivity index (χ2v) is 5.11. The van der Waals surface area contributed by atoms with Gasteiger partial charge in [-0.05, 0) is 33.6 Å². The lowest BCUT2D eigenvalue weighted by Gasteiger charge is -2.30. The first-order valence-corrected chi connectivity index (χ1v) is 6.19. The average Bonchev–Trinajstić information content (AvgIpc) is 2.26. The van der Waals surface area contributed by atoms with Crippen LogP contribution in [-0.4, -0.2) is 37.6 Å². The summed E-state index contributed by atoms with van der Waals surface area (Å²) >= 11 is 0. The molecule has 17 heavy (non-hydrogen) atoms. The van der Waals surface area contributed by atoms with Crippen LogP contribution in [0.1, 0.15) is 40.5 Å². The van der Waals surface area contributed by atoms with Gasteiger partial charge in [0.1, 0.15) is 0 Å². The highest BCUT2D eigenvalue weighted by Gasteiger charge is 2.25. The summed E-state index contributed by atoms with van der Waals surface area (Å²) in [5.41, 5.74) is 4.88. The molecule has 5 heteroatoms. The summed E-state index contributed by atoms with van der Waals surface area (Å²) in [4.78, 5) is 4.67. The molecule has 0 aromatic carbocycles. The van der Waals surface area contributed by atoms with E-state index in [-0.39, 0.29) is 11.2 Å². The number of ether oxygens (including phenoxy) is 2. The van der Waals surface area contributed by atoms with E-state index < -0.39 is 0 Å². The van der Waals surface area contributed by atoms with Gasteiger partial charge in [0.25, 0.3) is 0 Å². The summed E-state index contributed by atoms with van der Waals surface area (Å²) in [7, 11) is 0. The van der Waals surface area contributed by atoms with Gasteiger partial charge >= 0.3 is 0 Å². The SMILES string of the molecule is CCC(C)(CON)OCCC(C)(C)OCCN. The molecule has 0 saturated heterocycles. The molecule has 0 aliphatic rings. The van der Waals surface area contributed by atoms with E-state index in [0.717, 1.165) is 12.8 Å². The molecule has 0 fully saturated rings. The van der Waals surface area contributed by atoms with Crippen molar-refractivity contribution in [2.24, 2.45) is 11.6 Å². The zero-order valence-electron chi connectivity index (χ0n) is 11.6. The number of hydrogen-bond donors (Lipinski definition) is 2. The van der Waals surface area contributed by atoms with Crippen LogP contribution in [0, 0.1) is 0 Å². The summed E-state index contributed by atoms with van der Waals surface area (Å²) in [5.74, 6) is 5.09. The van der Waals surface area contributed by atoms with Crippen LogP contribution in [0.15, 0.2) is 0 Å². The maximum absolute atomic E-state index is 5.82. The van der Waals surface area contributed by atoms with E-state index in [4.69, 9.17) is 21.1 Å². The molecule has 0 aromatic heterocycles. The molecule has 0 aliphatic heterocycles. The quantitative estimate of drug-likeness (QED) is 0.568. The Morgan fingerprint density at radius 2 is 1.71 bits per heavy atom. The Kier molecular flexibility index (Phi) is 7.91. The lowest BCUT2D eigenvalue weighted by Crippen LogP contribution is -2.37. The zero-order valence-corrected chi connectivity index (χ0v) is 11.6. The van der Waals surface area contributed by atoms with E-state index in [9.17, 15) is 0 Å². The second kappa shape index (κ2) is 8.00. The summed E-state index contributed by atoms with van der Waals surface area (Å²) in [5, 5.41) is 0. The molecule has 0 spiro atoms. The fourth-order valence-electron chi connectivity index (χ4n) is 1.37. The molecule has 1 atom stereocenters. The van der Waals surface area contributed by atoms with Crippen LogP contribution in [0.25, 0.3) is 0 Å². The summed E-state index contributed by atoms with van der Waals surface area (Å²) < 4.78 is 11.4. The molecule has 1 unspecified atom stereocenters. The van der Waals surface area contributed by atoms with Gasteiger partial charge < -0.3 is 20.0 Å². The Balaban J connectivity index is 3.94. The smallest absolute Gasteiger partial charge is 0.0966 e. The minimum Gasteiger partial charge on any atom is -0.374 e. The lowest BCUT2D eigenvalue weighted by atomic mass is 10.0. The van der Waals surface area contributed by atoms with Crippen molar-refractivity contribution in [1.29, 1.82) is 0 Å². The predicted molar refractivity (Wildman–Crippen MR) is 68.5 cm³/mol. The van der Waals surface area contributed by atoms with E-state index in [1.807, 2.05) is 20.8 Å². The van der Waals surface area contributed by atoms with E-state index in [2.05, 4.69) is 11.8 Å². The molecule has 0 heterocycles. The third-order valence-corrected chi connectivity index (χ3v) is 2.90. The molecule has 104 valence electrons. The van der Waals surface area contributed by atoms with Crippen LogP contribution in [0.5, 0.6) is 0 Å². The van der Waals surface area contributed by atoms with Crippen LogP contribution in [0.4, 0.5) is 0 Å². The highest BCUT2D eigenvalue weighted by atomic mass is 16.6. The van der Waals surface area contributed by atoms with Crippen molar-refractivity contribution < 1.29 is 14.3 Å². The molecule has 0 rings (SSSR count). The van der Waals surface area contributed by atoms with Crippen LogP contribution in [-0.2, 0) is 14.3 Å². The Hall–Kier alpha value is -0.200. The van der Waals surface area contributed by atoms with Gasteiger partial charge in [-0.3, -0.25) is 0 Å². The Morgan fingerprint density at radius 1 is 1.06 bits per heavy atom. The Bertz CT molecular complexity index is 200.